The highest BCUT2D eigenvalue weighted by atomic mass is 19.1. The first kappa shape index (κ1) is 39.7. The molecule has 296 valence electrons. The average molecular weight is 785 g/mol. The molecule has 0 bridgehead atoms. The third-order valence-electron chi connectivity index (χ3n) is 9.15. The molecular weight excluding hydrogens is 746 g/mol. The van der Waals surface area contributed by atoms with E-state index in [1.54, 1.807) is 36.4 Å². The molecule has 2 atom stereocenters. The van der Waals surface area contributed by atoms with Crippen LogP contribution >= 0.6 is 0 Å². The number of rotatable bonds is 13. The van der Waals surface area contributed by atoms with Gasteiger partial charge in [-0.1, -0.05) is 0 Å². The molecule has 0 saturated heterocycles. The third kappa shape index (κ3) is 8.47. The molecule has 0 radical (unpaired) electrons. The Morgan fingerprint density at radius 2 is 1.14 bits per heavy atom. The molecule has 0 fully saturated rings. The fourth-order valence-corrected chi connectivity index (χ4v) is 6.22. The Morgan fingerprint density at radius 3 is 1.70 bits per heavy atom. The van der Waals surface area contributed by atoms with Crippen LogP contribution in [-0.4, -0.2) is 66.5 Å². The van der Waals surface area contributed by atoms with Gasteiger partial charge in [0.15, 0.2) is 17.6 Å². The first-order valence-corrected chi connectivity index (χ1v) is 17.3. The Bertz CT molecular complexity index is 2290. The molecule has 1 heterocycles. The van der Waals surface area contributed by atoms with E-state index in [1.807, 2.05) is 0 Å². The summed E-state index contributed by atoms with van der Waals surface area (Å²) in [5, 5.41) is 4.85. The number of methoxy groups -OCH3 is 6. The van der Waals surface area contributed by atoms with Gasteiger partial charge in [-0.15, -0.1) is 0 Å². The predicted octanol–water partition coefficient (Wildman–Crippen LogP) is 7.42. The van der Waals surface area contributed by atoms with Crippen molar-refractivity contribution in [2.45, 2.75) is 18.6 Å². The summed E-state index contributed by atoms with van der Waals surface area (Å²) < 4.78 is 75.2. The fourth-order valence-electron chi connectivity index (χ4n) is 6.22. The van der Waals surface area contributed by atoms with Crippen LogP contribution in [-0.2, 0) is 11.2 Å². The van der Waals surface area contributed by atoms with Gasteiger partial charge in [-0.25, -0.2) is 13.6 Å². The molecule has 57 heavy (non-hydrogen) atoms. The number of amides is 2. The van der Waals surface area contributed by atoms with E-state index in [-0.39, 0.29) is 34.5 Å². The maximum Gasteiger partial charge on any atom is 0.338 e. The number of hydrogen-bond acceptors (Lipinski definition) is 11. The lowest BCUT2D eigenvalue weighted by Gasteiger charge is -2.34. The van der Waals surface area contributed by atoms with Gasteiger partial charge in [0.1, 0.15) is 40.7 Å². The Labute approximate surface area is 326 Å². The SMILES string of the molecule is COc1ccc(C(=O)Nc2cc(C(=O)Nc3cc(C(=O)O[C@@H]4Cc5c(OC)cc(OC)cc5O[C@@H]4c4cc(OC)c(OC)c(OC)c4)ccc3F)ccc2F)cc1. The summed E-state index contributed by atoms with van der Waals surface area (Å²) in [6, 6.07) is 19.4. The van der Waals surface area contributed by atoms with Gasteiger partial charge in [0, 0.05) is 40.8 Å². The fraction of sp³-hybridized carbons (Fsp3) is 0.214. The summed E-state index contributed by atoms with van der Waals surface area (Å²) in [6.45, 7) is 0. The number of esters is 1. The molecule has 0 spiro atoms. The van der Waals surface area contributed by atoms with E-state index in [0.717, 1.165) is 30.3 Å². The van der Waals surface area contributed by atoms with Gasteiger partial charge in [-0.3, -0.25) is 9.59 Å². The largest absolute Gasteiger partial charge is 0.497 e. The number of anilines is 2. The minimum absolute atomic E-state index is 0.102. The summed E-state index contributed by atoms with van der Waals surface area (Å²) in [5.41, 5.74) is 0.484. The van der Waals surface area contributed by atoms with Crippen LogP contribution in [0.1, 0.15) is 48.3 Å². The summed E-state index contributed by atoms with van der Waals surface area (Å²) in [7, 11) is 8.87. The van der Waals surface area contributed by atoms with Gasteiger partial charge in [0.25, 0.3) is 11.8 Å². The van der Waals surface area contributed by atoms with E-state index in [1.165, 1.54) is 60.9 Å². The highest BCUT2D eigenvalue weighted by molar-refractivity contribution is 6.08. The summed E-state index contributed by atoms with van der Waals surface area (Å²) in [6.07, 6.45) is -1.78. The van der Waals surface area contributed by atoms with Crippen LogP contribution in [0, 0.1) is 11.6 Å². The summed E-state index contributed by atoms with van der Waals surface area (Å²) in [4.78, 5) is 39.9. The molecule has 1 aliphatic heterocycles. The number of halogens is 2. The molecule has 5 aromatic carbocycles. The number of hydrogen-bond donors (Lipinski definition) is 2. The Balaban J connectivity index is 1.26. The van der Waals surface area contributed by atoms with Gasteiger partial charge >= 0.3 is 5.97 Å². The highest BCUT2D eigenvalue weighted by Gasteiger charge is 2.38. The quantitative estimate of drug-likeness (QED) is 0.115. The second-order valence-corrected chi connectivity index (χ2v) is 12.5. The first-order valence-electron chi connectivity index (χ1n) is 17.3. The first-order chi connectivity index (χ1) is 27.5. The van der Waals surface area contributed by atoms with Crippen LogP contribution in [0.3, 0.4) is 0 Å². The number of ether oxygens (including phenoxy) is 8. The van der Waals surface area contributed by atoms with E-state index < -0.39 is 41.6 Å². The molecule has 15 heteroatoms. The summed E-state index contributed by atoms with van der Waals surface area (Å²) in [5.74, 6) is -1.14. The third-order valence-corrected chi connectivity index (χ3v) is 9.15. The van der Waals surface area contributed by atoms with Gasteiger partial charge in [-0.05, 0) is 72.8 Å². The summed E-state index contributed by atoms with van der Waals surface area (Å²) >= 11 is 0. The number of carbonyl (C=O) groups is 3. The monoisotopic (exact) mass is 784 g/mol. The van der Waals surface area contributed by atoms with Crippen LogP contribution in [0.15, 0.2) is 84.9 Å². The Kier molecular flexibility index (Phi) is 12.0. The van der Waals surface area contributed by atoms with Crippen molar-refractivity contribution in [2.24, 2.45) is 0 Å². The molecular formula is C42H38F2N2O11. The second kappa shape index (κ2) is 17.2. The van der Waals surface area contributed by atoms with Gasteiger partial charge in [0.2, 0.25) is 5.75 Å². The molecule has 6 rings (SSSR count). The van der Waals surface area contributed by atoms with Crippen molar-refractivity contribution in [1.82, 2.24) is 0 Å². The van der Waals surface area contributed by atoms with Crippen molar-refractivity contribution in [2.75, 3.05) is 53.3 Å². The van der Waals surface area contributed by atoms with E-state index in [2.05, 4.69) is 10.6 Å². The molecule has 1 aliphatic rings. The lowest BCUT2D eigenvalue weighted by Crippen LogP contribution is -2.35. The lowest BCUT2D eigenvalue weighted by molar-refractivity contribution is -0.0188. The number of benzene rings is 5. The average Bonchev–Trinajstić information content (AvgIpc) is 3.23. The van der Waals surface area contributed by atoms with E-state index in [0.29, 0.717) is 51.4 Å². The molecule has 0 aromatic heterocycles. The van der Waals surface area contributed by atoms with Crippen molar-refractivity contribution in [3.63, 3.8) is 0 Å². The number of fused-ring (bicyclic) bond motifs is 1. The van der Waals surface area contributed by atoms with Crippen molar-refractivity contribution in [3.05, 3.63) is 124 Å². The minimum Gasteiger partial charge on any atom is -0.497 e. The number of carbonyl (C=O) groups excluding carboxylic acids is 3. The van der Waals surface area contributed by atoms with Gasteiger partial charge < -0.3 is 48.5 Å². The van der Waals surface area contributed by atoms with Crippen LogP contribution in [0.25, 0.3) is 0 Å². The van der Waals surface area contributed by atoms with Crippen LogP contribution in [0.2, 0.25) is 0 Å². The van der Waals surface area contributed by atoms with Crippen molar-refractivity contribution < 1.29 is 61.1 Å². The van der Waals surface area contributed by atoms with Gasteiger partial charge in [0.05, 0.1) is 59.6 Å². The number of nitrogens with one attached hydrogen (secondary N) is 2. The molecule has 0 aliphatic carbocycles. The minimum atomic E-state index is -0.982. The Hall–Kier alpha value is -7.03. The maximum atomic E-state index is 15.2. The molecule has 2 amide bonds. The van der Waals surface area contributed by atoms with E-state index in [4.69, 9.17) is 37.9 Å². The second-order valence-electron chi connectivity index (χ2n) is 12.5. The normalized spacial score (nSPS) is 14.2. The smallest absolute Gasteiger partial charge is 0.338 e. The van der Waals surface area contributed by atoms with Gasteiger partial charge in [-0.2, -0.15) is 0 Å². The zero-order valence-electron chi connectivity index (χ0n) is 31.7. The highest BCUT2D eigenvalue weighted by Crippen LogP contribution is 2.47. The standard InChI is InChI=1S/C42H38F2N2O11/c1-50-26-11-7-22(8-12-26)40(47)45-31-15-23(9-13-29(31)43)41(48)46-32-16-24(10-14-30(32)44)42(49)57-37-21-28-33(52-3)19-27(51-2)20-34(28)56-38(37)25-17-35(53-4)39(55-6)36(18-25)54-5/h7-20,37-38H,21H2,1-6H3,(H,45,47)(H,46,48)/t37-,38-/m1/s1. The zero-order valence-corrected chi connectivity index (χ0v) is 31.7. The van der Waals surface area contributed by atoms with Crippen molar-refractivity contribution >= 4 is 29.2 Å². The molecule has 0 saturated carbocycles. The van der Waals surface area contributed by atoms with E-state index >= 15 is 4.39 Å². The zero-order chi connectivity index (χ0) is 40.8. The lowest BCUT2D eigenvalue weighted by atomic mass is 9.93. The topological polar surface area (TPSA) is 149 Å². The van der Waals surface area contributed by atoms with Crippen molar-refractivity contribution in [1.29, 1.82) is 0 Å². The van der Waals surface area contributed by atoms with Crippen molar-refractivity contribution in [3.8, 4) is 40.2 Å². The molecule has 2 N–H and O–H groups in total. The predicted molar refractivity (Wildman–Crippen MR) is 204 cm³/mol. The van der Waals surface area contributed by atoms with E-state index in [9.17, 15) is 18.8 Å². The van der Waals surface area contributed by atoms with Crippen LogP contribution < -0.4 is 43.8 Å². The Morgan fingerprint density at radius 1 is 0.596 bits per heavy atom. The van der Waals surface area contributed by atoms with Crippen LogP contribution in [0.4, 0.5) is 20.2 Å². The molecule has 13 nitrogen and oxygen atoms in total. The van der Waals surface area contributed by atoms with Crippen LogP contribution in [0.5, 0.6) is 40.2 Å². The molecule has 5 aromatic rings. The maximum absolute atomic E-state index is 15.2. The molecule has 0 unspecified atom stereocenters.